The maximum Gasteiger partial charge on any atom is 0.353 e. The number of nitrogens with one attached hydrogen (secondary N) is 1. The summed E-state index contributed by atoms with van der Waals surface area (Å²) in [6.07, 6.45) is 1.42. The van der Waals surface area contributed by atoms with E-state index in [4.69, 9.17) is 27.9 Å². The molecule has 0 saturated heterocycles. The fraction of sp³-hybridized carbons (Fsp3) is 0. The number of nitrogens with zero attached hydrogens (tertiary/aromatic N) is 1. The second-order valence-corrected chi connectivity index (χ2v) is 7.19. The van der Waals surface area contributed by atoms with Crippen molar-refractivity contribution >= 4 is 52.6 Å². The second-order valence-electron chi connectivity index (χ2n) is 5.42. The lowest BCUT2D eigenvalue weighted by Gasteiger charge is -2.04. The molecule has 2 N–H and O–H groups in total. The van der Waals surface area contributed by atoms with Crippen molar-refractivity contribution in [1.82, 2.24) is 5.43 Å². The monoisotopic (exact) mass is 434 g/mol. The summed E-state index contributed by atoms with van der Waals surface area (Å²) < 4.78 is 5.26. The van der Waals surface area contributed by atoms with Crippen molar-refractivity contribution in [3.8, 4) is 11.5 Å². The summed E-state index contributed by atoms with van der Waals surface area (Å²) in [6.45, 7) is 0. The van der Waals surface area contributed by atoms with E-state index in [2.05, 4.69) is 10.5 Å². The van der Waals surface area contributed by atoms with E-state index in [1.54, 1.807) is 41.8 Å². The van der Waals surface area contributed by atoms with Crippen LogP contribution in [0.2, 0.25) is 10.0 Å². The van der Waals surface area contributed by atoms with E-state index in [0.717, 1.165) is 0 Å². The molecule has 0 aliphatic carbocycles. The van der Waals surface area contributed by atoms with Crippen molar-refractivity contribution in [2.24, 2.45) is 5.10 Å². The van der Waals surface area contributed by atoms with Crippen molar-refractivity contribution < 1.29 is 19.4 Å². The standard InChI is InChI=1S/C19H12Cl2N2O4S/c20-14-8-12(9-15(21)17(14)24)18(25)23-22-10-11-3-5-13(6-4-11)27-19(26)16-2-1-7-28-16/h1-10,24H,(H,23,25)/b22-10+. The van der Waals surface area contributed by atoms with E-state index in [1.165, 1.54) is 29.7 Å². The molecule has 3 aromatic rings. The highest BCUT2D eigenvalue weighted by Crippen LogP contribution is 2.32. The zero-order valence-electron chi connectivity index (χ0n) is 14.1. The predicted octanol–water partition coefficient (Wildman–Crippen LogP) is 4.74. The maximum atomic E-state index is 12.1. The van der Waals surface area contributed by atoms with Gasteiger partial charge in [-0.3, -0.25) is 4.79 Å². The van der Waals surface area contributed by atoms with Crippen LogP contribution in [0.5, 0.6) is 11.5 Å². The topological polar surface area (TPSA) is 88.0 Å². The van der Waals surface area contributed by atoms with Gasteiger partial charge in [0, 0.05) is 5.56 Å². The van der Waals surface area contributed by atoms with Gasteiger partial charge in [0.05, 0.1) is 16.3 Å². The van der Waals surface area contributed by atoms with Gasteiger partial charge in [-0.25, -0.2) is 10.2 Å². The number of hydrogen-bond acceptors (Lipinski definition) is 6. The molecule has 1 amide bonds. The number of phenols is 1. The van der Waals surface area contributed by atoms with Gasteiger partial charge in [-0.15, -0.1) is 11.3 Å². The Morgan fingerprint density at radius 2 is 1.79 bits per heavy atom. The number of carbonyl (C=O) groups excluding carboxylic acids is 2. The van der Waals surface area contributed by atoms with Crippen LogP contribution in [0.4, 0.5) is 0 Å². The Morgan fingerprint density at radius 3 is 2.39 bits per heavy atom. The average Bonchev–Trinajstić information content (AvgIpc) is 3.22. The summed E-state index contributed by atoms with van der Waals surface area (Å²) in [5.41, 5.74) is 3.17. The lowest BCUT2D eigenvalue weighted by Crippen LogP contribution is -2.17. The summed E-state index contributed by atoms with van der Waals surface area (Å²) in [5.74, 6) is -0.854. The molecule has 1 heterocycles. The van der Waals surface area contributed by atoms with E-state index in [1.807, 2.05) is 0 Å². The second kappa shape index (κ2) is 8.88. The third kappa shape index (κ3) is 4.89. The van der Waals surface area contributed by atoms with E-state index < -0.39 is 11.9 Å². The van der Waals surface area contributed by atoms with Crippen molar-refractivity contribution in [3.05, 3.63) is 80.0 Å². The molecule has 28 heavy (non-hydrogen) atoms. The fourth-order valence-electron chi connectivity index (χ4n) is 2.10. The molecule has 0 saturated carbocycles. The Kier molecular flexibility index (Phi) is 6.30. The molecule has 0 fully saturated rings. The van der Waals surface area contributed by atoms with E-state index >= 15 is 0 Å². The normalized spacial score (nSPS) is 10.8. The van der Waals surface area contributed by atoms with Crippen LogP contribution in [0.1, 0.15) is 25.6 Å². The van der Waals surface area contributed by atoms with Crippen LogP contribution in [-0.4, -0.2) is 23.2 Å². The Bertz CT molecular complexity index is 1010. The summed E-state index contributed by atoms with van der Waals surface area (Å²) in [4.78, 5) is 24.5. The number of benzene rings is 2. The summed E-state index contributed by atoms with van der Waals surface area (Å²) >= 11 is 12.9. The number of ether oxygens (including phenoxy) is 1. The molecule has 3 rings (SSSR count). The Morgan fingerprint density at radius 1 is 1.11 bits per heavy atom. The van der Waals surface area contributed by atoms with Gasteiger partial charge >= 0.3 is 5.97 Å². The zero-order chi connectivity index (χ0) is 20.1. The van der Waals surface area contributed by atoms with Gasteiger partial charge in [-0.2, -0.15) is 5.10 Å². The van der Waals surface area contributed by atoms with E-state index in [0.29, 0.717) is 16.2 Å². The molecule has 6 nitrogen and oxygen atoms in total. The smallest absolute Gasteiger partial charge is 0.353 e. The van der Waals surface area contributed by atoms with Gasteiger partial charge in [0.1, 0.15) is 10.6 Å². The lowest BCUT2D eigenvalue weighted by atomic mass is 10.2. The highest BCUT2D eigenvalue weighted by molar-refractivity contribution is 7.12. The number of hydrazone groups is 1. The minimum absolute atomic E-state index is 0.0330. The maximum absolute atomic E-state index is 12.1. The minimum atomic E-state index is -0.540. The van der Waals surface area contributed by atoms with Crippen molar-refractivity contribution in [2.45, 2.75) is 0 Å². The van der Waals surface area contributed by atoms with Crippen LogP contribution in [0.25, 0.3) is 0 Å². The SMILES string of the molecule is O=C(N/N=C/c1ccc(OC(=O)c2cccs2)cc1)c1cc(Cl)c(O)c(Cl)c1. The fourth-order valence-corrected chi connectivity index (χ4v) is 3.19. The summed E-state index contributed by atoms with van der Waals surface area (Å²) in [5, 5.41) is 15.1. The molecular formula is C19H12Cl2N2O4S. The molecule has 0 aliphatic rings. The first kappa shape index (κ1) is 19.9. The highest BCUT2D eigenvalue weighted by atomic mass is 35.5. The number of hydrogen-bond donors (Lipinski definition) is 2. The summed E-state index contributed by atoms with van der Waals surface area (Å²) in [7, 11) is 0. The van der Waals surface area contributed by atoms with Crippen LogP contribution < -0.4 is 10.2 Å². The Labute approximate surface area is 174 Å². The predicted molar refractivity (Wildman–Crippen MR) is 109 cm³/mol. The molecule has 0 spiro atoms. The molecule has 0 unspecified atom stereocenters. The molecule has 9 heteroatoms. The molecule has 0 atom stereocenters. The molecule has 0 bridgehead atoms. The Balaban J connectivity index is 1.58. The number of aromatic hydroxyl groups is 1. The number of phenolic OH excluding ortho intramolecular Hbond substituents is 1. The average molecular weight is 435 g/mol. The van der Waals surface area contributed by atoms with Gasteiger partial charge in [-0.05, 0) is 53.4 Å². The van der Waals surface area contributed by atoms with Gasteiger partial charge in [0.15, 0.2) is 5.75 Å². The van der Waals surface area contributed by atoms with E-state index in [9.17, 15) is 14.7 Å². The zero-order valence-corrected chi connectivity index (χ0v) is 16.4. The van der Waals surface area contributed by atoms with Gasteiger partial charge < -0.3 is 9.84 Å². The van der Waals surface area contributed by atoms with Crippen LogP contribution in [0.15, 0.2) is 59.0 Å². The van der Waals surface area contributed by atoms with Crippen LogP contribution >= 0.6 is 34.5 Å². The molecule has 0 aliphatic heterocycles. The third-order valence-electron chi connectivity index (χ3n) is 3.47. The quantitative estimate of drug-likeness (QED) is 0.262. The summed E-state index contributed by atoms with van der Waals surface area (Å²) in [6, 6.07) is 12.6. The molecule has 1 aromatic heterocycles. The van der Waals surface area contributed by atoms with Crippen molar-refractivity contribution in [3.63, 3.8) is 0 Å². The number of halogens is 2. The molecule has 2 aromatic carbocycles. The van der Waals surface area contributed by atoms with Crippen molar-refractivity contribution in [1.29, 1.82) is 0 Å². The first-order chi connectivity index (χ1) is 13.4. The van der Waals surface area contributed by atoms with Crippen LogP contribution in [0, 0.1) is 0 Å². The molecule has 142 valence electrons. The first-order valence-electron chi connectivity index (χ1n) is 7.81. The van der Waals surface area contributed by atoms with Crippen molar-refractivity contribution in [2.75, 3.05) is 0 Å². The highest BCUT2D eigenvalue weighted by Gasteiger charge is 2.12. The minimum Gasteiger partial charge on any atom is -0.505 e. The largest absolute Gasteiger partial charge is 0.505 e. The number of esters is 1. The first-order valence-corrected chi connectivity index (χ1v) is 9.45. The number of carbonyl (C=O) groups is 2. The number of rotatable bonds is 5. The number of amides is 1. The van der Waals surface area contributed by atoms with Gasteiger partial charge in [-0.1, -0.05) is 29.3 Å². The Hall–Kier alpha value is -2.87. The number of thiophene rings is 1. The van der Waals surface area contributed by atoms with Crippen LogP contribution in [-0.2, 0) is 0 Å². The molecule has 0 radical (unpaired) electrons. The van der Waals surface area contributed by atoms with Crippen LogP contribution in [0.3, 0.4) is 0 Å². The van der Waals surface area contributed by atoms with Gasteiger partial charge in [0.25, 0.3) is 5.91 Å². The molecular weight excluding hydrogens is 423 g/mol. The van der Waals surface area contributed by atoms with E-state index in [-0.39, 0.29) is 21.4 Å². The van der Waals surface area contributed by atoms with Gasteiger partial charge in [0.2, 0.25) is 0 Å². The third-order valence-corrected chi connectivity index (χ3v) is 4.90. The lowest BCUT2D eigenvalue weighted by molar-refractivity contribution is 0.0739.